The van der Waals surface area contributed by atoms with Crippen molar-refractivity contribution in [1.82, 2.24) is 0 Å². The van der Waals surface area contributed by atoms with Crippen LogP contribution in [0.15, 0.2) is 60.7 Å². The zero-order valence-corrected chi connectivity index (χ0v) is 29.6. The topological polar surface area (TPSA) is 83.5 Å². The van der Waals surface area contributed by atoms with Crippen LogP contribution in [0.3, 0.4) is 0 Å². The lowest BCUT2D eigenvalue weighted by atomic mass is 9.43. The molecule has 6 rings (SSSR count). The fourth-order valence-corrected chi connectivity index (χ4v) is 10.9. The zero-order valence-electron chi connectivity index (χ0n) is 29.6. The predicted molar refractivity (Wildman–Crippen MR) is 184 cm³/mol. The largest absolute Gasteiger partial charge is 0.469 e. The van der Waals surface area contributed by atoms with Crippen LogP contribution in [0.4, 0.5) is 0 Å². The molecule has 0 aliphatic heterocycles. The van der Waals surface area contributed by atoms with Crippen LogP contribution < -0.4 is 0 Å². The van der Waals surface area contributed by atoms with Gasteiger partial charge in [-0.15, -0.1) is 0 Å². The Bertz CT molecular complexity index is 1300. The number of rotatable bonds is 14. The molecule has 4 fully saturated rings. The lowest BCUT2D eigenvalue weighted by Crippen LogP contribution is -2.63. The van der Waals surface area contributed by atoms with E-state index < -0.39 is 0 Å². The third kappa shape index (κ3) is 7.41. The third-order valence-electron chi connectivity index (χ3n) is 13.4. The number of hydrogen-bond donors (Lipinski definition) is 1. The first-order valence-electron chi connectivity index (χ1n) is 18.5. The van der Waals surface area contributed by atoms with Crippen molar-refractivity contribution in [2.24, 2.45) is 46.3 Å². The summed E-state index contributed by atoms with van der Waals surface area (Å²) in [6, 6.07) is 20.5. The van der Waals surface area contributed by atoms with Crippen LogP contribution in [0.1, 0.15) is 89.7 Å². The molecule has 2 aromatic carbocycles. The van der Waals surface area contributed by atoms with Gasteiger partial charge in [0.05, 0.1) is 38.6 Å². The molecule has 4 aliphatic carbocycles. The van der Waals surface area contributed by atoms with E-state index in [2.05, 4.69) is 45.0 Å². The minimum Gasteiger partial charge on any atom is -0.469 e. The molecule has 0 saturated heterocycles. The van der Waals surface area contributed by atoms with Gasteiger partial charge in [-0.25, -0.2) is 0 Å². The van der Waals surface area contributed by atoms with Gasteiger partial charge in [0.2, 0.25) is 0 Å². The second kappa shape index (κ2) is 15.7. The Morgan fingerprint density at radius 3 is 2.15 bits per heavy atom. The fourth-order valence-electron chi connectivity index (χ4n) is 10.9. The zero-order chi connectivity index (χ0) is 33.7. The number of methoxy groups -OCH3 is 1. The molecule has 1 N–H and O–H groups in total. The van der Waals surface area contributed by atoms with Crippen molar-refractivity contribution in [2.75, 3.05) is 20.7 Å². The van der Waals surface area contributed by atoms with Crippen molar-refractivity contribution >= 4 is 5.97 Å². The van der Waals surface area contributed by atoms with Gasteiger partial charge in [-0.2, -0.15) is 0 Å². The second-order valence-corrected chi connectivity index (χ2v) is 15.8. The average molecular weight is 663 g/mol. The van der Waals surface area contributed by atoms with Gasteiger partial charge in [-0.05, 0) is 103 Å². The molecule has 48 heavy (non-hydrogen) atoms. The highest BCUT2D eigenvalue weighted by molar-refractivity contribution is 5.69. The molecule has 0 heterocycles. The Balaban J connectivity index is 1.25. The monoisotopic (exact) mass is 662 g/mol. The summed E-state index contributed by atoms with van der Waals surface area (Å²) in [6.45, 7) is 8.88. The van der Waals surface area contributed by atoms with Gasteiger partial charge in [0.25, 0.3) is 0 Å². The average Bonchev–Trinajstić information content (AvgIpc) is 3.46. The van der Waals surface area contributed by atoms with E-state index in [1.807, 2.05) is 36.4 Å². The summed E-state index contributed by atoms with van der Waals surface area (Å²) in [4.78, 5) is 12.2. The highest BCUT2D eigenvalue weighted by Gasteiger charge is 2.66. The number of ether oxygens (including phenoxy) is 5. The van der Waals surface area contributed by atoms with Gasteiger partial charge in [0, 0.05) is 11.8 Å². The van der Waals surface area contributed by atoms with Crippen molar-refractivity contribution in [3.05, 3.63) is 71.8 Å². The highest BCUT2D eigenvalue weighted by atomic mass is 16.7. The Morgan fingerprint density at radius 2 is 1.50 bits per heavy atom. The molecule has 7 heteroatoms. The minimum atomic E-state index is -0.242. The van der Waals surface area contributed by atoms with Crippen molar-refractivity contribution in [3.63, 3.8) is 0 Å². The Hall–Kier alpha value is -2.29. The van der Waals surface area contributed by atoms with Crippen molar-refractivity contribution < 1.29 is 33.6 Å². The smallest absolute Gasteiger partial charge is 0.305 e. The molecule has 0 amide bonds. The van der Waals surface area contributed by atoms with E-state index in [9.17, 15) is 9.90 Å². The molecule has 11 atom stereocenters. The number of hydrogen-bond acceptors (Lipinski definition) is 7. The van der Waals surface area contributed by atoms with Crippen LogP contribution in [0.5, 0.6) is 0 Å². The van der Waals surface area contributed by atoms with Gasteiger partial charge in [0.1, 0.15) is 13.6 Å². The van der Waals surface area contributed by atoms with E-state index in [1.165, 1.54) is 7.11 Å². The first kappa shape index (κ1) is 35.5. The Kier molecular flexibility index (Phi) is 11.6. The lowest BCUT2D eigenvalue weighted by molar-refractivity contribution is -0.251. The number of esters is 1. The molecule has 0 radical (unpaired) electrons. The summed E-state index contributed by atoms with van der Waals surface area (Å²) in [6.07, 6.45) is 8.03. The first-order valence-corrected chi connectivity index (χ1v) is 18.5. The first-order chi connectivity index (χ1) is 23.2. The van der Waals surface area contributed by atoms with E-state index in [4.69, 9.17) is 23.7 Å². The lowest BCUT2D eigenvalue weighted by Gasteiger charge is -2.64. The fraction of sp³-hybridized carbons (Fsp3) is 0.683. The molecule has 4 aliphatic rings. The third-order valence-corrected chi connectivity index (χ3v) is 13.4. The molecular formula is C41H58O7. The number of aliphatic hydroxyl groups is 1. The van der Waals surface area contributed by atoms with Crippen LogP contribution in [0.2, 0.25) is 0 Å². The second-order valence-electron chi connectivity index (χ2n) is 15.8. The maximum absolute atomic E-state index is 12.2. The van der Waals surface area contributed by atoms with Crippen LogP contribution in [0.25, 0.3) is 0 Å². The van der Waals surface area contributed by atoms with Gasteiger partial charge in [0.15, 0.2) is 0 Å². The number of benzene rings is 2. The summed E-state index contributed by atoms with van der Waals surface area (Å²) < 4.78 is 31.0. The molecule has 7 nitrogen and oxygen atoms in total. The van der Waals surface area contributed by atoms with Crippen LogP contribution >= 0.6 is 0 Å². The molecular weight excluding hydrogens is 604 g/mol. The normalized spacial score (nSPS) is 36.4. The Morgan fingerprint density at radius 1 is 0.854 bits per heavy atom. The maximum Gasteiger partial charge on any atom is 0.305 e. The Labute approximate surface area is 288 Å². The molecule has 0 spiro atoms. The van der Waals surface area contributed by atoms with E-state index in [0.717, 1.165) is 62.5 Å². The number of fused-ring (bicyclic) bond motifs is 5. The van der Waals surface area contributed by atoms with E-state index >= 15 is 0 Å². The molecule has 2 aromatic rings. The van der Waals surface area contributed by atoms with E-state index in [-0.39, 0.29) is 48.7 Å². The van der Waals surface area contributed by atoms with Crippen LogP contribution in [-0.2, 0) is 41.7 Å². The molecule has 0 unspecified atom stereocenters. The number of carbonyl (C=O) groups excluding carboxylic acids is 1. The van der Waals surface area contributed by atoms with Crippen molar-refractivity contribution in [1.29, 1.82) is 0 Å². The van der Waals surface area contributed by atoms with E-state index in [0.29, 0.717) is 55.1 Å². The molecule has 264 valence electrons. The summed E-state index contributed by atoms with van der Waals surface area (Å²) in [5, 5.41) is 10.8. The number of carbonyl (C=O) groups is 1. The molecule has 0 aromatic heterocycles. The summed E-state index contributed by atoms with van der Waals surface area (Å²) in [5.41, 5.74) is 2.32. The SMILES string of the molecule is COC(=O)CC[C@@H](C)[C@H]1CC[C@H]2[C@@H]3[C@H](OCOCc4ccccc4)C[C@@H]4C[C@H](O)CC[C@]4(C)[C@H]3C[C@H](OCOCc3ccccc3)[C@]12C. The minimum absolute atomic E-state index is 0.0324. The van der Waals surface area contributed by atoms with Crippen LogP contribution in [0, 0.1) is 46.3 Å². The number of aliphatic hydroxyl groups excluding tert-OH is 1. The summed E-state index contributed by atoms with van der Waals surface area (Å²) in [5.74, 6) is 2.26. The predicted octanol–water partition coefficient (Wildman–Crippen LogP) is 7.93. The van der Waals surface area contributed by atoms with Gasteiger partial charge in [-0.1, -0.05) is 81.4 Å². The maximum atomic E-state index is 12.2. The molecule has 4 saturated carbocycles. The van der Waals surface area contributed by atoms with Crippen molar-refractivity contribution in [3.8, 4) is 0 Å². The van der Waals surface area contributed by atoms with Crippen molar-refractivity contribution in [2.45, 2.75) is 110 Å². The van der Waals surface area contributed by atoms with Gasteiger partial charge < -0.3 is 28.8 Å². The highest BCUT2D eigenvalue weighted by Crippen LogP contribution is 2.69. The molecule has 0 bridgehead atoms. The van der Waals surface area contributed by atoms with Crippen LogP contribution in [-0.4, -0.2) is 50.1 Å². The summed E-state index contributed by atoms with van der Waals surface area (Å²) in [7, 11) is 1.48. The quantitative estimate of drug-likeness (QED) is 0.125. The summed E-state index contributed by atoms with van der Waals surface area (Å²) >= 11 is 0. The van der Waals surface area contributed by atoms with Gasteiger partial charge >= 0.3 is 5.97 Å². The van der Waals surface area contributed by atoms with E-state index in [1.54, 1.807) is 0 Å². The van der Waals surface area contributed by atoms with Gasteiger partial charge in [-0.3, -0.25) is 4.79 Å². The standard InChI is InChI=1S/C41H58O7/c1-28(15-18-38(43)44-4)33-16-17-34-39-35(23-37(41(33,34)3)48-27-46-25-30-13-9-6-10-14-30)40(2)20-19-32(42)21-31(40)22-36(39)47-26-45-24-29-11-7-5-8-12-29/h5-14,28,31-37,39,42H,15-27H2,1-4H3/t28-,31+,32-,33-,34+,35+,36-,37+,39+,40+,41-/m1/s1.